The fraction of sp³-hybridized carbons (Fsp3) is 0.167. The maximum absolute atomic E-state index is 12.8. The number of hydrogen-bond acceptors (Lipinski definition) is 4. The van der Waals surface area contributed by atoms with Crippen molar-refractivity contribution in [2.24, 2.45) is 0 Å². The Labute approximate surface area is 73.9 Å². The zero-order valence-corrected chi connectivity index (χ0v) is 6.99. The first kappa shape index (κ1) is 9.59. The van der Waals surface area contributed by atoms with Crippen molar-refractivity contribution in [1.82, 2.24) is 0 Å². The van der Waals surface area contributed by atoms with Gasteiger partial charge in [0.1, 0.15) is 0 Å². The molecule has 0 aromatic heterocycles. The van der Waals surface area contributed by atoms with Crippen molar-refractivity contribution in [3.8, 4) is 0 Å². The molecule has 0 spiro atoms. The molecule has 0 heterocycles. The van der Waals surface area contributed by atoms with E-state index in [9.17, 15) is 22.9 Å². The highest BCUT2D eigenvalue weighted by molar-refractivity contribution is 7.73. The summed E-state index contributed by atoms with van der Waals surface area (Å²) in [5, 5.41) is 10.3. The molecule has 0 aromatic carbocycles. The average Bonchev–Trinajstić information content (AvgIpc) is 2.02. The Hall–Kier alpha value is -1.50. The molecule has 0 radical (unpaired) electrons. The van der Waals surface area contributed by atoms with E-state index in [1.165, 1.54) is 0 Å². The van der Waals surface area contributed by atoms with Crippen molar-refractivity contribution in [3.63, 3.8) is 0 Å². The maximum atomic E-state index is 12.8. The van der Waals surface area contributed by atoms with Gasteiger partial charge >= 0.3 is 6.04 Å². The van der Waals surface area contributed by atoms with Gasteiger partial charge in [0, 0.05) is 4.92 Å². The molecule has 0 saturated heterocycles. The molecule has 0 amide bonds. The number of allylic oxidation sites excluding steroid dienone is 2. The molecule has 1 atom stereocenters. The molecule has 7 heteroatoms. The zero-order chi connectivity index (χ0) is 10.0. The van der Waals surface area contributed by atoms with Crippen LogP contribution in [0.2, 0.25) is 0 Å². The van der Waals surface area contributed by atoms with Gasteiger partial charge in [0.15, 0.2) is 10.7 Å². The van der Waals surface area contributed by atoms with Gasteiger partial charge in [-0.2, -0.15) is 8.42 Å². The van der Waals surface area contributed by atoms with Crippen LogP contribution in [0.3, 0.4) is 0 Å². The molecule has 13 heavy (non-hydrogen) atoms. The Morgan fingerprint density at radius 2 is 2.15 bits per heavy atom. The average molecular weight is 205 g/mol. The summed E-state index contributed by atoms with van der Waals surface area (Å²) in [5.41, 5.74) is 0. The second-order valence-electron chi connectivity index (χ2n) is 2.24. The van der Waals surface area contributed by atoms with Gasteiger partial charge in [-0.15, -0.1) is 0 Å². The molecule has 1 unspecified atom stereocenters. The Balaban J connectivity index is 3.31. The van der Waals surface area contributed by atoms with Crippen molar-refractivity contribution in [1.29, 1.82) is 0 Å². The third-order valence-electron chi connectivity index (χ3n) is 1.45. The maximum Gasteiger partial charge on any atom is 0.303 e. The Kier molecular flexibility index (Phi) is 2.57. The first-order valence-corrected chi connectivity index (χ1v) is 4.25. The van der Waals surface area contributed by atoms with Crippen LogP contribution in [0, 0.1) is 10.1 Å². The number of rotatable bonds is 1. The summed E-state index contributed by atoms with van der Waals surface area (Å²) in [4.78, 5) is 8.73. The lowest BCUT2D eigenvalue weighted by Crippen LogP contribution is -2.31. The minimum absolute atomic E-state index is 0.565. The summed E-state index contributed by atoms with van der Waals surface area (Å²) in [6.45, 7) is 0. The van der Waals surface area contributed by atoms with Crippen molar-refractivity contribution >= 4 is 15.2 Å². The Morgan fingerprint density at radius 3 is 2.54 bits per heavy atom. The second-order valence-corrected chi connectivity index (χ2v) is 3.18. The topological polar surface area (TPSA) is 77.3 Å². The van der Waals surface area contributed by atoms with Gasteiger partial charge in [0.05, 0.1) is 0 Å². The van der Waals surface area contributed by atoms with Crippen LogP contribution >= 0.6 is 0 Å². The molecular formula is C6H4FNO4S. The van der Waals surface area contributed by atoms with Gasteiger partial charge < -0.3 is 0 Å². The number of nitro groups is 1. The molecule has 0 bridgehead atoms. The third-order valence-corrected chi connectivity index (χ3v) is 2.19. The van der Waals surface area contributed by atoms with E-state index in [-0.39, 0.29) is 0 Å². The van der Waals surface area contributed by atoms with Gasteiger partial charge in [-0.25, -0.2) is 4.39 Å². The highest BCUT2D eigenvalue weighted by Gasteiger charge is 2.33. The van der Waals surface area contributed by atoms with Gasteiger partial charge in [-0.1, -0.05) is 6.08 Å². The number of halogens is 1. The molecule has 70 valence electrons. The largest absolute Gasteiger partial charge is 0.303 e. The second kappa shape index (κ2) is 3.48. The fourth-order valence-electron chi connectivity index (χ4n) is 0.904. The van der Waals surface area contributed by atoms with Crippen LogP contribution in [0.5, 0.6) is 0 Å². The van der Waals surface area contributed by atoms with Crippen molar-refractivity contribution in [3.05, 3.63) is 34.2 Å². The SMILES string of the molecule is O=[N+]([O-])C1C(F)=CC=CC1=S(=O)=O. The van der Waals surface area contributed by atoms with Crippen LogP contribution in [-0.4, -0.2) is 24.2 Å². The van der Waals surface area contributed by atoms with Gasteiger partial charge in [-0.3, -0.25) is 10.1 Å². The van der Waals surface area contributed by atoms with E-state index in [4.69, 9.17) is 0 Å². The van der Waals surface area contributed by atoms with E-state index in [2.05, 4.69) is 0 Å². The van der Waals surface area contributed by atoms with E-state index in [1.54, 1.807) is 0 Å². The van der Waals surface area contributed by atoms with Crippen LogP contribution < -0.4 is 0 Å². The highest BCUT2D eigenvalue weighted by atomic mass is 32.2. The van der Waals surface area contributed by atoms with E-state index in [0.29, 0.717) is 0 Å². The quantitative estimate of drug-likeness (QED) is 0.345. The molecule has 0 aliphatic heterocycles. The summed E-state index contributed by atoms with van der Waals surface area (Å²) in [5.74, 6) is -1.08. The van der Waals surface area contributed by atoms with E-state index in [1.807, 2.05) is 0 Å². The molecule has 1 aliphatic rings. The minimum atomic E-state index is -2.77. The lowest BCUT2D eigenvalue weighted by molar-refractivity contribution is -0.495. The zero-order valence-electron chi connectivity index (χ0n) is 6.18. The molecule has 0 fully saturated rings. The predicted octanol–water partition coefficient (Wildman–Crippen LogP) is 0.106. The predicted molar refractivity (Wildman–Crippen MR) is 43.0 cm³/mol. The normalized spacial score (nSPS) is 21.2. The lowest BCUT2D eigenvalue weighted by atomic mass is 10.1. The fourth-order valence-corrected chi connectivity index (χ4v) is 1.47. The number of hydrogen-bond donors (Lipinski definition) is 0. The molecule has 0 aromatic rings. The summed E-state index contributed by atoms with van der Waals surface area (Å²) in [7, 11) is -2.77. The minimum Gasteiger partial charge on any atom is -0.263 e. The van der Waals surface area contributed by atoms with Crippen LogP contribution in [0.1, 0.15) is 0 Å². The lowest BCUT2D eigenvalue weighted by Gasteiger charge is -2.07. The van der Waals surface area contributed by atoms with Crippen LogP contribution in [0.15, 0.2) is 24.1 Å². The van der Waals surface area contributed by atoms with Crippen molar-refractivity contribution in [2.75, 3.05) is 0 Å². The smallest absolute Gasteiger partial charge is 0.263 e. The molecule has 5 nitrogen and oxygen atoms in total. The highest BCUT2D eigenvalue weighted by Crippen LogP contribution is 2.14. The van der Waals surface area contributed by atoms with Gasteiger partial charge in [0.2, 0.25) is 10.3 Å². The monoisotopic (exact) mass is 205 g/mol. The first-order valence-electron chi connectivity index (χ1n) is 3.17. The standard InChI is InChI=1S/C6H4FNO4S/c7-4-2-1-3-5(13(11)12)6(4)8(9)10/h1-3,6H. The Bertz CT molecular complexity index is 426. The summed E-state index contributed by atoms with van der Waals surface area (Å²) < 4.78 is 33.6. The summed E-state index contributed by atoms with van der Waals surface area (Å²) >= 11 is 0. The van der Waals surface area contributed by atoms with E-state index >= 15 is 0 Å². The molecular weight excluding hydrogens is 201 g/mol. The third kappa shape index (κ3) is 1.81. The summed E-state index contributed by atoms with van der Waals surface area (Å²) in [6, 6.07) is -1.89. The van der Waals surface area contributed by atoms with E-state index < -0.39 is 31.9 Å². The van der Waals surface area contributed by atoms with Gasteiger partial charge in [0.25, 0.3) is 0 Å². The van der Waals surface area contributed by atoms with Crippen molar-refractivity contribution < 1.29 is 17.7 Å². The number of nitrogens with zero attached hydrogens (tertiary/aromatic N) is 1. The molecule has 1 aliphatic carbocycles. The van der Waals surface area contributed by atoms with Crippen LogP contribution in [0.25, 0.3) is 0 Å². The summed E-state index contributed by atoms with van der Waals surface area (Å²) in [6.07, 6.45) is 2.98. The van der Waals surface area contributed by atoms with Crippen LogP contribution in [0.4, 0.5) is 4.39 Å². The van der Waals surface area contributed by atoms with Gasteiger partial charge in [-0.05, 0) is 12.2 Å². The molecule has 0 saturated carbocycles. The van der Waals surface area contributed by atoms with E-state index in [0.717, 1.165) is 18.2 Å². The first-order chi connectivity index (χ1) is 6.04. The van der Waals surface area contributed by atoms with Crippen molar-refractivity contribution in [2.45, 2.75) is 6.04 Å². The molecule has 1 rings (SSSR count). The van der Waals surface area contributed by atoms with Crippen LogP contribution in [-0.2, 0) is 10.3 Å². The molecule has 0 N–H and O–H groups in total. The Morgan fingerprint density at radius 1 is 1.54 bits per heavy atom.